The van der Waals surface area contributed by atoms with E-state index in [9.17, 15) is 18.4 Å². The zero-order valence-electron chi connectivity index (χ0n) is 22.9. The minimum atomic E-state index is -0.942. The van der Waals surface area contributed by atoms with Crippen molar-refractivity contribution in [3.8, 4) is 23.0 Å². The molecule has 0 atom stereocenters. The van der Waals surface area contributed by atoms with Crippen molar-refractivity contribution in [3.05, 3.63) is 87.5 Å². The molecule has 2 aromatic carbocycles. The molecule has 2 aromatic heterocycles. The van der Waals surface area contributed by atoms with E-state index < -0.39 is 23.3 Å². The van der Waals surface area contributed by atoms with Gasteiger partial charge in [-0.3, -0.25) is 9.59 Å². The van der Waals surface area contributed by atoms with E-state index in [4.69, 9.17) is 14.0 Å². The number of hydrogen-bond donors (Lipinski definition) is 2. The van der Waals surface area contributed by atoms with E-state index in [1.54, 1.807) is 37.4 Å². The molecule has 2 heterocycles. The Morgan fingerprint density at radius 3 is 2.33 bits per heavy atom. The van der Waals surface area contributed by atoms with E-state index in [0.717, 1.165) is 50.7 Å². The van der Waals surface area contributed by atoms with Crippen LogP contribution >= 0.6 is 0 Å². The molecular formula is C30H29F2N5O5. The van der Waals surface area contributed by atoms with Crippen molar-refractivity contribution in [2.45, 2.75) is 50.5 Å². The lowest BCUT2D eigenvalue weighted by atomic mass is 9.53. The number of benzene rings is 2. The SMILES string of the molecule is COc1ccc(COc2c(F)cc(C(=O)NCC34CCC(c5nc(-c6ccc(=O)[nH]n6)no5)(CC3)CC4)cc2F)cc1. The first-order valence-electron chi connectivity index (χ1n) is 13.7. The Morgan fingerprint density at radius 2 is 1.71 bits per heavy atom. The Kier molecular flexibility index (Phi) is 7.21. The van der Waals surface area contributed by atoms with Gasteiger partial charge in [-0.25, -0.2) is 13.9 Å². The molecular weight excluding hydrogens is 548 g/mol. The number of nitrogens with zero attached hydrogens (tertiary/aromatic N) is 3. The second kappa shape index (κ2) is 11.0. The van der Waals surface area contributed by atoms with Crippen LogP contribution in [0.3, 0.4) is 0 Å². The van der Waals surface area contributed by atoms with Crippen LogP contribution in [0.4, 0.5) is 8.78 Å². The molecule has 0 radical (unpaired) electrons. The van der Waals surface area contributed by atoms with Crippen molar-refractivity contribution in [3.63, 3.8) is 0 Å². The van der Waals surface area contributed by atoms with Crippen LogP contribution in [0.5, 0.6) is 11.5 Å². The number of fused-ring (bicyclic) bond motifs is 3. The number of methoxy groups -OCH3 is 1. The molecule has 0 spiro atoms. The number of nitrogens with one attached hydrogen (secondary N) is 2. The molecule has 10 nitrogen and oxygen atoms in total. The van der Waals surface area contributed by atoms with Gasteiger partial charge in [-0.05, 0) is 79.8 Å². The highest BCUT2D eigenvalue weighted by Crippen LogP contribution is 2.57. The third-order valence-electron chi connectivity index (χ3n) is 8.62. The number of amides is 1. The summed E-state index contributed by atoms with van der Waals surface area (Å²) in [4.78, 5) is 28.8. The smallest absolute Gasteiger partial charge is 0.264 e. The Morgan fingerprint density at radius 1 is 1.02 bits per heavy atom. The third-order valence-corrected chi connectivity index (χ3v) is 8.62. The molecule has 2 bridgehead atoms. The molecule has 0 saturated heterocycles. The lowest BCUT2D eigenvalue weighted by Crippen LogP contribution is -2.49. The highest BCUT2D eigenvalue weighted by molar-refractivity contribution is 5.94. The summed E-state index contributed by atoms with van der Waals surface area (Å²) in [5, 5.41) is 13.3. The number of carbonyl (C=O) groups excluding carboxylic acids is 1. The lowest BCUT2D eigenvalue weighted by Gasteiger charge is -2.51. The van der Waals surface area contributed by atoms with Crippen LogP contribution in [0.1, 0.15) is 60.3 Å². The van der Waals surface area contributed by atoms with E-state index in [2.05, 4.69) is 25.7 Å². The number of aromatic amines is 1. The van der Waals surface area contributed by atoms with E-state index in [-0.39, 0.29) is 28.6 Å². The maximum atomic E-state index is 14.8. The van der Waals surface area contributed by atoms with Gasteiger partial charge in [0.05, 0.1) is 7.11 Å². The number of carbonyl (C=O) groups is 1. The minimum Gasteiger partial charge on any atom is -0.497 e. The Labute approximate surface area is 239 Å². The van der Waals surface area contributed by atoms with E-state index in [0.29, 0.717) is 35.3 Å². The van der Waals surface area contributed by atoms with Gasteiger partial charge in [0.25, 0.3) is 11.5 Å². The van der Waals surface area contributed by atoms with Gasteiger partial charge in [0.15, 0.2) is 17.4 Å². The van der Waals surface area contributed by atoms with Crippen molar-refractivity contribution in [1.82, 2.24) is 25.7 Å². The quantitative estimate of drug-likeness (QED) is 0.292. The molecule has 3 fully saturated rings. The summed E-state index contributed by atoms with van der Waals surface area (Å²) in [5.41, 5.74) is 0.366. The normalized spacial score (nSPS) is 21.2. The second-order valence-corrected chi connectivity index (χ2v) is 11.1. The van der Waals surface area contributed by atoms with Gasteiger partial charge >= 0.3 is 0 Å². The first kappa shape index (κ1) is 27.6. The average Bonchev–Trinajstić information content (AvgIpc) is 3.52. The highest BCUT2D eigenvalue weighted by Gasteiger charge is 2.52. The number of hydrogen-bond acceptors (Lipinski definition) is 8. The lowest BCUT2D eigenvalue weighted by molar-refractivity contribution is 0.0229. The summed E-state index contributed by atoms with van der Waals surface area (Å²) in [5.74, 6) is -1.41. The number of halogens is 2. The van der Waals surface area contributed by atoms with Gasteiger partial charge in [-0.15, -0.1) is 0 Å². The Bertz CT molecular complexity index is 1600. The van der Waals surface area contributed by atoms with Gasteiger partial charge in [0, 0.05) is 23.6 Å². The molecule has 0 unspecified atom stereocenters. The van der Waals surface area contributed by atoms with E-state index in [1.165, 1.54) is 6.07 Å². The zero-order chi connectivity index (χ0) is 29.3. The van der Waals surface area contributed by atoms with E-state index in [1.807, 2.05) is 0 Å². The number of ether oxygens (including phenoxy) is 2. The predicted molar refractivity (Wildman–Crippen MR) is 146 cm³/mol. The maximum absolute atomic E-state index is 14.8. The van der Waals surface area contributed by atoms with Gasteiger partial charge in [-0.1, -0.05) is 17.3 Å². The topological polar surface area (TPSA) is 132 Å². The molecule has 3 saturated carbocycles. The number of H-pyrrole nitrogens is 1. The fourth-order valence-electron chi connectivity index (χ4n) is 5.94. The molecule has 2 N–H and O–H groups in total. The maximum Gasteiger partial charge on any atom is 0.264 e. The fraction of sp³-hybridized carbons (Fsp3) is 0.367. The molecule has 3 aliphatic rings. The summed E-state index contributed by atoms with van der Waals surface area (Å²) in [6.45, 7) is 0.361. The van der Waals surface area contributed by atoms with E-state index >= 15 is 0 Å². The first-order chi connectivity index (χ1) is 20.3. The summed E-state index contributed by atoms with van der Waals surface area (Å²) in [6, 6.07) is 11.8. The minimum absolute atomic E-state index is 0.0394. The van der Waals surface area contributed by atoms with Crippen LogP contribution < -0.4 is 20.3 Å². The molecule has 42 heavy (non-hydrogen) atoms. The van der Waals surface area contributed by atoms with Gasteiger partial charge in [-0.2, -0.15) is 10.1 Å². The van der Waals surface area contributed by atoms with Crippen LogP contribution in [0.25, 0.3) is 11.5 Å². The third kappa shape index (κ3) is 5.36. The molecule has 7 rings (SSSR count). The molecule has 3 aliphatic carbocycles. The monoisotopic (exact) mass is 577 g/mol. The summed E-state index contributed by atoms with van der Waals surface area (Å²) >= 11 is 0. The van der Waals surface area contributed by atoms with Crippen LogP contribution in [0, 0.1) is 17.0 Å². The summed E-state index contributed by atoms with van der Waals surface area (Å²) < 4.78 is 45.6. The van der Waals surface area contributed by atoms with Crippen LogP contribution in [0.2, 0.25) is 0 Å². The fourth-order valence-corrected chi connectivity index (χ4v) is 5.94. The average molecular weight is 578 g/mol. The molecule has 218 valence electrons. The van der Waals surface area contributed by atoms with Gasteiger partial charge in [0.2, 0.25) is 11.7 Å². The standard InChI is InChI=1S/C30H29F2N5O5/c1-40-20-4-2-18(3-5-20)16-41-25-21(31)14-19(15-22(25)32)27(39)33-17-29-8-11-30(12-9-29,13-10-29)28-34-26(37-42-28)23-6-7-24(38)36-35-23/h2-7,14-15H,8-13,16-17H2,1H3,(H,33,39)(H,36,38). The van der Waals surface area contributed by atoms with Crippen molar-refractivity contribution < 1.29 is 27.6 Å². The highest BCUT2D eigenvalue weighted by atomic mass is 19.1. The molecule has 12 heteroatoms. The summed E-state index contributed by atoms with van der Waals surface area (Å²) in [6.07, 6.45) is 4.95. The number of aromatic nitrogens is 4. The van der Waals surface area contributed by atoms with Crippen LogP contribution in [-0.4, -0.2) is 39.9 Å². The van der Waals surface area contributed by atoms with Crippen LogP contribution in [0.15, 0.2) is 57.8 Å². The Balaban J connectivity index is 1.05. The predicted octanol–water partition coefficient (Wildman–Crippen LogP) is 4.71. The molecule has 1 amide bonds. The number of rotatable bonds is 9. The summed E-state index contributed by atoms with van der Waals surface area (Å²) in [7, 11) is 1.55. The van der Waals surface area contributed by atoms with Crippen LogP contribution in [-0.2, 0) is 12.0 Å². The van der Waals surface area contributed by atoms with Crippen molar-refractivity contribution in [1.29, 1.82) is 0 Å². The van der Waals surface area contributed by atoms with Crippen molar-refractivity contribution >= 4 is 5.91 Å². The van der Waals surface area contributed by atoms with Crippen molar-refractivity contribution in [2.75, 3.05) is 13.7 Å². The Hall–Kier alpha value is -4.61. The van der Waals surface area contributed by atoms with Gasteiger partial charge in [0.1, 0.15) is 18.1 Å². The zero-order valence-corrected chi connectivity index (χ0v) is 22.9. The largest absolute Gasteiger partial charge is 0.497 e. The first-order valence-corrected chi connectivity index (χ1v) is 13.7. The molecule has 4 aromatic rings. The van der Waals surface area contributed by atoms with Gasteiger partial charge < -0.3 is 19.3 Å². The molecule has 0 aliphatic heterocycles. The second-order valence-electron chi connectivity index (χ2n) is 11.1. The van der Waals surface area contributed by atoms with Crippen molar-refractivity contribution in [2.24, 2.45) is 5.41 Å².